The van der Waals surface area contributed by atoms with Crippen LogP contribution in [0.2, 0.25) is 0 Å². The fourth-order valence-corrected chi connectivity index (χ4v) is 2.86. The largest absolute Gasteiger partial charge is 0.508 e. The van der Waals surface area contributed by atoms with Gasteiger partial charge in [-0.2, -0.15) is 0 Å². The summed E-state index contributed by atoms with van der Waals surface area (Å²) in [6.07, 6.45) is -0.935. The number of methoxy groups -OCH3 is 2. The van der Waals surface area contributed by atoms with E-state index in [9.17, 15) is 19.8 Å². The lowest BCUT2D eigenvalue weighted by atomic mass is 9.97. The van der Waals surface area contributed by atoms with Crippen LogP contribution in [0.1, 0.15) is 38.8 Å². The van der Waals surface area contributed by atoms with Gasteiger partial charge in [0, 0.05) is 11.6 Å². The molecule has 7 heteroatoms. The van der Waals surface area contributed by atoms with Gasteiger partial charge in [-0.05, 0) is 18.2 Å². The van der Waals surface area contributed by atoms with Gasteiger partial charge in [0.2, 0.25) is 0 Å². The molecule has 3 rings (SSSR count). The quantitative estimate of drug-likeness (QED) is 0.635. The van der Waals surface area contributed by atoms with E-state index < -0.39 is 17.9 Å². The fourth-order valence-electron chi connectivity index (χ4n) is 2.86. The molecule has 1 atom stereocenters. The van der Waals surface area contributed by atoms with E-state index in [-0.39, 0.29) is 34.8 Å². The van der Waals surface area contributed by atoms with Gasteiger partial charge in [-0.3, -0.25) is 4.79 Å². The lowest BCUT2D eigenvalue weighted by molar-refractivity contribution is 0.0365. The van der Waals surface area contributed by atoms with Crippen molar-refractivity contribution >= 4 is 11.8 Å². The molecule has 0 radical (unpaired) electrons. The van der Waals surface area contributed by atoms with Crippen molar-refractivity contribution < 1.29 is 34.0 Å². The predicted octanol–water partition coefficient (Wildman–Crippen LogP) is 2.60. The summed E-state index contributed by atoms with van der Waals surface area (Å²) in [5.74, 6) is -0.851. The first-order valence-electron chi connectivity index (χ1n) is 7.47. The van der Waals surface area contributed by atoms with Crippen molar-refractivity contribution in [1.82, 2.24) is 0 Å². The van der Waals surface area contributed by atoms with Crippen LogP contribution in [-0.4, -0.2) is 36.2 Å². The molecule has 1 unspecified atom stereocenters. The molecule has 1 heterocycles. The molecule has 0 bridgehead atoms. The third-order valence-electron chi connectivity index (χ3n) is 4.03. The minimum atomic E-state index is -0.789. The van der Waals surface area contributed by atoms with E-state index in [0.29, 0.717) is 11.3 Å². The van der Waals surface area contributed by atoms with Gasteiger partial charge in [0.25, 0.3) is 0 Å². The zero-order valence-corrected chi connectivity index (χ0v) is 13.6. The average molecular weight is 344 g/mol. The number of phenolic OH excluding ortho intramolecular Hbond substituents is 2. The average Bonchev–Trinajstić information content (AvgIpc) is 2.89. The van der Waals surface area contributed by atoms with Gasteiger partial charge in [0.1, 0.15) is 23.2 Å². The maximum Gasteiger partial charge on any atom is 0.343 e. The predicted molar refractivity (Wildman–Crippen MR) is 86.4 cm³/mol. The van der Waals surface area contributed by atoms with Crippen molar-refractivity contribution in [1.29, 1.82) is 0 Å². The zero-order chi connectivity index (χ0) is 18.1. The second-order valence-electron chi connectivity index (χ2n) is 5.49. The van der Waals surface area contributed by atoms with E-state index in [1.807, 2.05) is 0 Å². The third-order valence-corrected chi connectivity index (χ3v) is 4.03. The molecule has 0 saturated carbocycles. The Morgan fingerprint density at radius 2 is 1.92 bits per heavy atom. The van der Waals surface area contributed by atoms with E-state index in [1.54, 1.807) is 12.1 Å². The molecule has 0 spiro atoms. The molecule has 1 aliphatic rings. The summed E-state index contributed by atoms with van der Waals surface area (Å²) in [6, 6.07) is 6.98. The Morgan fingerprint density at radius 1 is 1.16 bits per heavy atom. The van der Waals surface area contributed by atoms with Gasteiger partial charge in [-0.25, -0.2) is 4.79 Å². The monoisotopic (exact) mass is 344 g/mol. The Kier molecular flexibility index (Phi) is 4.22. The van der Waals surface area contributed by atoms with Crippen molar-refractivity contribution in [2.24, 2.45) is 0 Å². The highest BCUT2D eigenvalue weighted by atomic mass is 16.6. The maximum absolute atomic E-state index is 12.4. The van der Waals surface area contributed by atoms with Crippen LogP contribution in [0.25, 0.3) is 0 Å². The number of ketones is 1. The second kappa shape index (κ2) is 6.35. The number of hydrogen-bond acceptors (Lipinski definition) is 7. The van der Waals surface area contributed by atoms with Crippen LogP contribution in [0.4, 0.5) is 0 Å². The number of aromatic hydroxyl groups is 2. The summed E-state index contributed by atoms with van der Waals surface area (Å²) in [7, 11) is 2.87. The Balaban J connectivity index is 1.92. The molecule has 130 valence electrons. The molecule has 2 aromatic carbocycles. The normalized spacial score (nSPS) is 15.4. The number of phenols is 2. The van der Waals surface area contributed by atoms with E-state index in [4.69, 9.17) is 14.2 Å². The van der Waals surface area contributed by atoms with E-state index >= 15 is 0 Å². The van der Waals surface area contributed by atoms with Gasteiger partial charge in [-0.1, -0.05) is 6.07 Å². The first kappa shape index (κ1) is 16.6. The minimum absolute atomic E-state index is 0.0442. The highest BCUT2D eigenvalue weighted by molar-refractivity contribution is 6.02. The molecular weight excluding hydrogens is 328 g/mol. The summed E-state index contributed by atoms with van der Waals surface area (Å²) in [5.41, 5.74) is 0.798. The Bertz CT molecular complexity index is 857. The van der Waals surface area contributed by atoms with E-state index in [0.717, 1.165) is 6.07 Å². The van der Waals surface area contributed by atoms with Gasteiger partial charge < -0.3 is 24.4 Å². The van der Waals surface area contributed by atoms with Crippen molar-refractivity contribution in [3.63, 3.8) is 0 Å². The topological polar surface area (TPSA) is 102 Å². The van der Waals surface area contributed by atoms with Crippen LogP contribution in [0.3, 0.4) is 0 Å². The molecule has 2 N–H and O–H groups in total. The summed E-state index contributed by atoms with van der Waals surface area (Å²) in [5, 5.41) is 19.1. The summed E-state index contributed by atoms with van der Waals surface area (Å²) in [4.78, 5) is 24.6. The Morgan fingerprint density at radius 3 is 2.56 bits per heavy atom. The van der Waals surface area contributed by atoms with Crippen LogP contribution in [0, 0.1) is 0 Å². The first-order valence-corrected chi connectivity index (χ1v) is 7.47. The molecule has 0 aliphatic carbocycles. The van der Waals surface area contributed by atoms with Gasteiger partial charge in [0.15, 0.2) is 17.3 Å². The second-order valence-corrected chi connectivity index (χ2v) is 5.49. The summed E-state index contributed by atoms with van der Waals surface area (Å²) in [6.45, 7) is 0. The highest BCUT2D eigenvalue weighted by Crippen LogP contribution is 2.43. The van der Waals surface area contributed by atoms with Crippen LogP contribution in [0.15, 0.2) is 30.3 Å². The SMILES string of the molecule is COc1ccc2c(c1OC)C(=O)OC2CC(=O)c1ccc(O)cc1O. The van der Waals surface area contributed by atoms with Gasteiger partial charge >= 0.3 is 5.97 Å². The number of esters is 1. The molecule has 0 amide bonds. The van der Waals surface area contributed by atoms with Crippen molar-refractivity contribution in [2.45, 2.75) is 12.5 Å². The Hall–Kier alpha value is -3.22. The standard InChI is InChI=1S/C18H16O7/c1-23-14-6-5-11-15(25-18(22)16(11)17(14)24-2)8-13(21)10-4-3-9(19)7-12(10)20/h3-7,15,19-20H,8H2,1-2H3. The number of ether oxygens (including phenoxy) is 3. The minimum Gasteiger partial charge on any atom is -0.508 e. The van der Waals surface area contributed by atoms with Crippen LogP contribution in [-0.2, 0) is 4.74 Å². The van der Waals surface area contributed by atoms with E-state index in [1.165, 1.54) is 26.4 Å². The molecule has 7 nitrogen and oxygen atoms in total. The maximum atomic E-state index is 12.4. The zero-order valence-electron chi connectivity index (χ0n) is 13.6. The number of hydrogen-bond donors (Lipinski definition) is 2. The number of Topliss-reactive ketones (excluding diaryl/α,β-unsaturated/α-hetero) is 1. The number of rotatable bonds is 5. The van der Waals surface area contributed by atoms with Gasteiger partial charge in [-0.15, -0.1) is 0 Å². The third kappa shape index (κ3) is 2.84. The van der Waals surface area contributed by atoms with Crippen LogP contribution in [0.5, 0.6) is 23.0 Å². The van der Waals surface area contributed by atoms with Crippen LogP contribution < -0.4 is 9.47 Å². The summed E-state index contributed by atoms with van der Waals surface area (Å²) < 4.78 is 15.7. The number of benzene rings is 2. The molecule has 0 aromatic heterocycles. The van der Waals surface area contributed by atoms with E-state index in [2.05, 4.69) is 0 Å². The van der Waals surface area contributed by atoms with Crippen molar-refractivity contribution in [3.05, 3.63) is 47.0 Å². The number of fused-ring (bicyclic) bond motifs is 1. The smallest absolute Gasteiger partial charge is 0.343 e. The number of carbonyl (C=O) groups excluding carboxylic acids is 2. The molecule has 25 heavy (non-hydrogen) atoms. The highest BCUT2D eigenvalue weighted by Gasteiger charge is 2.37. The Labute approximate surface area is 143 Å². The summed E-state index contributed by atoms with van der Waals surface area (Å²) >= 11 is 0. The van der Waals surface area contributed by atoms with Crippen molar-refractivity contribution in [2.75, 3.05) is 14.2 Å². The van der Waals surface area contributed by atoms with Crippen LogP contribution >= 0.6 is 0 Å². The fraction of sp³-hybridized carbons (Fsp3) is 0.222. The van der Waals surface area contributed by atoms with Gasteiger partial charge in [0.05, 0.1) is 26.2 Å². The lowest BCUT2D eigenvalue weighted by Crippen LogP contribution is -2.08. The molecular formula is C18H16O7. The lowest BCUT2D eigenvalue weighted by Gasteiger charge is -2.12. The number of cyclic esters (lactones) is 1. The molecule has 0 fully saturated rings. The molecule has 0 saturated heterocycles. The number of carbonyl (C=O) groups is 2. The molecule has 2 aromatic rings. The van der Waals surface area contributed by atoms with Crippen molar-refractivity contribution in [3.8, 4) is 23.0 Å². The first-order chi connectivity index (χ1) is 12.0. The molecule has 1 aliphatic heterocycles.